The van der Waals surface area contributed by atoms with E-state index in [0.717, 1.165) is 5.75 Å². The molecule has 2 rings (SSSR count). The summed E-state index contributed by atoms with van der Waals surface area (Å²) in [6.07, 6.45) is 0.224. The van der Waals surface area contributed by atoms with E-state index in [9.17, 15) is 4.79 Å². The second kappa shape index (κ2) is 8.64. The van der Waals surface area contributed by atoms with Gasteiger partial charge in [-0.2, -0.15) is 5.26 Å². The molecule has 0 bridgehead atoms. The molecule has 0 saturated carbocycles. The topological polar surface area (TPSA) is 91.1 Å². The van der Waals surface area contributed by atoms with Gasteiger partial charge in [-0.1, -0.05) is 0 Å². The van der Waals surface area contributed by atoms with Gasteiger partial charge in [-0.3, -0.25) is 4.79 Å². The van der Waals surface area contributed by atoms with Crippen molar-refractivity contribution < 1.29 is 9.53 Å². The van der Waals surface area contributed by atoms with Gasteiger partial charge in [-0.15, -0.1) is 0 Å². The molecule has 1 aromatic carbocycles. The third-order valence-corrected chi connectivity index (χ3v) is 3.45. The van der Waals surface area contributed by atoms with Crippen LogP contribution in [0.2, 0.25) is 0 Å². The van der Waals surface area contributed by atoms with E-state index in [1.807, 2.05) is 6.92 Å². The molecule has 1 amide bonds. The summed E-state index contributed by atoms with van der Waals surface area (Å²) in [7, 11) is 1.70. The Kier molecular flexibility index (Phi) is 6.29. The zero-order chi connectivity index (χ0) is 18.2. The Morgan fingerprint density at radius 2 is 2.04 bits per heavy atom. The minimum Gasteiger partial charge on any atom is -0.494 e. The minimum absolute atomic E-state index is 0.224. The normalized spacial score (nSPS) is 10.0. The summed E-state index contributed by atoms with van der Waals surface area (Å²) in [5.41, 5.74) is 1.66. The van der Waals surface area contributed by atoms with E-state index in [-0.39, 0.29) is 24.6 Å². The number of aryl methyl sites for hydroxylation is 1. The Morgan fingerprint density at radius 1 is 1.32 bits per heavy atom. The quantitative estimate of drug-likeness (QED) is 0.834. The second-order valence-corrected chi connectivity index (χ2v) is 5.26. The monoisotopic (exact) mass is 339 g/mol. The van der Waals surface area contributed by atoms with Gasteiger partial charge in [-0.25, -0.2) is 9.97 Å². The average molecular weight is 339 g/mol. The van der Waals surface area contributed by atoms with Crippen LogP contribution in [0.5, 0.6) is 5.75 Å². The Balaban J connectivity index is 2.34. The third-order valence-electron chi connectivity index (χ3n) is 3.45. The maximum absolute atomic E-state index is 12.9. The van der Waals surface area contributed by atoms with E-state index in [2.05, 4.69) is 21.4 Å². The summed E-state index contributed by atoms with van der Waals surface area (Å²) in [4.78, 5) is 22.9. The van der Waals surface area contributed by atoms with Crippen molar-refractivity contribution in [3.8, 4) is 11.8 Å². The molecule has 0 radical (unpaired) electrons. The summed E-state index contributed by atoms with van der Waals surface area (Å²) in [5.74, 6) is 0.839. The highest BCUT2D eigenvalue weighted by molar-refractivity contribution is 6.05. The van der Waals surface area contributed by atoms with Gasteiger partial charge in [0.1, 0.15) is 11.4 Å². The van der Waals surface area contributed by atoms with Gasteiger partial charge < -0.3 is 15.0 Å². The molecule has 0 aliphatic carbocycles. The smallest absolute Gasteiger partial charge is 0.277 e. The lowest BCUT2D eigenvalue weighted by atomic mass is 10.2. The van der Waals surface area contributed by atoms with Crippen LogP contribution in [0.4, 0.5) is 11.6 Å². The molecule has 0 unspecified atom stereocenters. The molecule has 2 aromatic rings. The SMILES string of the molecule is CCOc1ccc(N(CCC#N)C(=O)c2cc(C)nc(NC)n2)cc1. The third kappa shape index (κ3) is 4.67. The van der Waals surface area contributed by atoms with Crippen molar-refractivity contribution in [1.29, 1.82) is 5.26 Å². The summed E-state index contributed by atoms with van der Waals surface area (Å²) in [6, 6.07) is 10.9. The number of carbonyl (C=O) groups excluding carboxylic acids is 1. The number of nitrogens with one attached hydrogen (secondary N) is 1. The van der Waals surface area contributed by atoms with Gasteiger partial charge >= 0.3 is 0 Å². The van der Waals surface area contributed by atoms with E-state index >= 15 is 0 Å². The summed E-state index contributed by atoms with van der Waals surface area (Å²) in [6.45, 7) is 4.56. The molecule has 1 N–H and O–H groups in total. The highest BCUT2D eigenvalue weighted by Gasteiger charge is 2.20. The predicted octanol–water partition coefficient (Wildman–Crippen LogP) is 2.79. The molecule has 0 fully saturated rings. The first-order valence-corrected chi connectivity index (χ1v) is 8.04. The first-order valence-electron chi connectivity index (χ1n) is 8.04. The molecule has 0 saturated heterocycles. The molecular weight excluding hydrogens is 318 g/mol. The van der Waals surface area contributed by atoms with Crippen molar-refractivity contribution in [3.63, 3.8) is 0 Å². The van der Waals surface area contributed by atoms with Gasteiger partial charge in [0.15, 0.2) is 0 Å². The zero-order valence-electron chi connectivity index (χ0n) is 14.6. The number of nitriles is 1. The largest absolute Gasteiger partial charge is 0.494 e. The van der Waals surface area contributed by atoms with Crippen molar-refractivity contribution in [2.24, 2.45) is 0 Å². The van der Waals surface area contributed by atoms with Gasteiger partial charge in [-0.05, 0) is 44.2 Å². The minimum atomic E-state index is -0.276. The first-order chi connectivity index (χ1) is 12.1. The molecule has 7 heteroatoms. The van der Waals surface area contributed by atoms with E-state index in [4.69, 9.17) is 10.00 Å². The number of anilines is 2. The van der Waals surface area contributed by atoms with Crippen molar-refractivity contribution in [2.45, 2.75) is 20.3 Å². The summed E-state index contributed by atoms with van der Waals surface area (Å²) >= 11 is 0. The van der Waals surface area contributed by atoms with Gasteiger partial charge in [0, 0.05) is 25.0 Å². The average Bonchev–Trinajstić information content (AvgIpc) is 2.62. The number of ether oxygens (including phenoxy) is 1. The van der Waals surface area contributed by atoms with E-state index < -0.39 is 0 Å². The maximum Gasteiger partial charge on any atom is 0.277 e. The molecule has 0 spiro atoms. The Morgan fingerprint density at radius 3 is 2.64 bits per heavy atom. The fraction of sp³-hybridized carbons (Fsp3) is 0.333. The molecule has 1 heterocycles. The lowest BCUT2D eigenvalue weighted by molar-refractivity contribution is 0.0982. The van der Waals surface area contributed by atoms with Crippen LogP contribution in [0.1, 0.15) is 29.5 Å². The fourth-order valence-corrected chi connectivity index (χ4v) is 2.33. The van der Waals surface area contributed by atoms with Crippen LogP contribution < -0.4 is 15.0 Å². The lowest BCUT2D eigenvalue weighted by Crippen LogP contribution is -2.32. The van der Waals surface area contributed by atoms with Crippen LogP contribution >= 0.6 is 0 Å². The maximum atomic E-state index is 12.9. The Bertz CT molecular complexity index is 768. The molecule has 25 heavy (non-hydrogen) atoms. The standard InChI is InChI=1S/C18H21N5O2/c1-4-25-15-8-6-14(7-9-15)23(11-5-10-19)17(24)16-12-13(2)21-18(20-3)22-16/h6-9,12H,4-5,11H2,1-3H3,(H,20,21,22). The number of benzene rings is 1. The molecule has 0 aliphatic heterocycles. The molecule has 7 nitrogen and oxygen atoms in total. The molecule has 1 aromatic heterocycles. The van der Waals surface area contributed by atoms with Crippen LogP contribution in [0.25, 0.3) is 0 Å². The number of aromatic nitrogens is 2. The van der Waals surface area contributed by atoms with Crippen molar-refractivity contribution in [1.82, 2.24) is 9.97 Å². The number of amides is 1. The Labute approximate surface area is 147 Å². The van der Waals surface area contributed by atoms with E-state index in [1.54, 1.807) is 49.2 Å². The highest BCUT2D eigenvalue weighted by atomic mass is 16.5. The predicted molar refractivity (Wildman–Crippen MR) is 95.8 cm³/mol. The van der Waals surface area contributed by atoms with Crippen LogP contribution in [0.15, 0.2) is 30.3 Å². The van der Waals surface area contributed by atoms with E-state index in [1.165, 1.54) is 0 Å². The van der Waals surface area contributed by atoms with Crippen LogP contribution in [-0.4, -0.2) is 36.1 Å². The molecule has 0 aliphatic rings. The van der Waals surface area contributed by atoms with Crippen molar-refractivity contribution in [3.05, 3.63) is 41.7 Å². The molecular formula is C18H21N5O2. The Hall–Kier alpha value is -3.14. The number of rotatable bonds is 7. The van der Waals surface area contributed by atoms with Crippen molar-refractivity contribution >= 4 is 17.5 Å². The number of carbonyl (C=O) groups is 1. The van der Waals surface area contributed by atoms with Crippen LogP contribution in [0, 0.1) is 18.3 Å². The summed E-state index contributed by atoms with van der Waals surface area (Å²) < 4.78 is 5.43. The number of nitrogens with zero attached hydrogens (tertiary/aromatic N) is 4. The highest BCUT2D eigenvalue weighted by Crippen LogP contribution is 2.22. The lowest BCUT2D eigenvalue weighted by Gasteiger charge is -2.22. The van der Waals surface area contributed by atoms with Gasteiger partial charge in [0.2, 0.25) is 5.95 Å². The van der Waals surface area contributed by atoms with Gasteiger partial charge in [0.25, 0.3) is 5.91 Å². The van der Waals surface area contributed by atoms with Gasteiger partial charge in [0.05, 0.1) is 19.1 Å². The summed E-state index contributed by atoms with van der Waals surface area (Å²) in [5, 5.41) is 11.8. The van der Waals surface area contributed by atoms with Crippen molar-refractivity contribution in [2.75, 3.05) is 30.4 Å². The second-order valence-electron chi connectivity index (χ2n) is 5.26. The van der Waals surface area contributed by atoms with E-state index in [0.29, 0.717) is 23.9 Å². The molecule has 0 atom stereocenters. The first kappa shape index (κ1) is 18.2. The fourth-order valence-electron chi connectivity index (χ4n) is 2.33. The van der Waals surface area contributed by atoms with Crippen LogP contribution in [0.3, 0.4) is 0 Å². The number of hydrogen-bond acceptors (Lipinski definition) is 6. The molecule has 130 valence electrons. The van der Waals surface area contributed by atoms with Crippen LogP contribution in [-0.2, 0) is 0 Å². The number of hydrogen-bond donors (Lipinski definition) is 1. The zero-order valence-corrected chi connectivity index (χ0v) is 14.6.